The third-order valence-electron chi connectivity index (χ3n) is 3.10. The smallest absolute Gasteiger partial charge is 0.101 e. The van der Waals surface area contributed by atoms with Gasteiger partial charge in [0.2, 0.25) is 0 Å². The second-order valence-electron chi connectivity index (χ2n) is 4.51. The van der Waals surface area contributed by atoms with Crippen LogP contribution in [0.2, 0.25) is 0 Å². The number of anilines is 1. The summed E-state index contributed by atoms with van der Waals surface area (Å²) in [4.78, 5) is 2.64. The zero-order chi connectivity index (χ0) is 14.5. The molecule has 0 saturated carbocycles. The average Bonchev–Trinajstić information content (AvgIpc) is 2.96. The van der Waals surface area contributed by atoms with Gasteiger partial charge in [-0.25, -0.2) is 0 Å². The predicted molar refractivity (Wildman–Crippen MR) is 81.6 cm³/mol. The van der Waals surface area contributed by atoms with E-state index in [2.05, 4.69) is 37.4 Å². The second kappa shape index (κ2) is 6.23. The normalized spacial score (nSPS) is 11.4. The lowest BCUT2D eigenvalue weighted by Gasteiger charge is -2.14. The van der Waals surface area contributed by atoms with Crippen molar-refractivity contribution in [3.8, 4) is 12.1 Å². The molecule has 0 fully saturated rings. The van der Waals surface area contributed by atoms with Crippen LogP contribution in [0, 0.1) is 22.7 Å². The molecule has 1 heterocycles. The first kappa shape index (κ1) is 14.1. The molecule has 0 spiro atoms. The van der Waals surface area contributed by atoms with Gasteiger partial charge in [-0.05, 0) is 43.7 Å². The average molecular weight is 281 g/mol. The van der Waals surface area contributed by atoms with Crippen LogP contribution in [0.4, 0.5) is 5.69 Å². The van der Waals surface area contributed by atoms with Gasteiger partial charge >= 0.3 is 0 Å². The van der Waals surface area contributed by atoms with Crippen molar-refractivity contribution >= 4 is 17.0 Å². The van der Waals surface area contributed by atoms with Gasteiger partial charge in [0.1, 0.15) is 12.1 Å². The predicted octanol–water partition coefficient (Wildman–Crippen LogP) is 4.23. The molecular weight excluding hydrogens is 266 g/mol. The fraction of sp³-hybridized carbons (Fsp3) is 0.250. The molecule has 2 aromatic rings. The standard InChI is InChI=1S/C16H15N3S/c1-3-15-6-7-16(20-15)11(2)19-14-5-4-12(9-17)13(8-14)10-18/h4-8,11,19H,3H2,1-2H3. The van der Waals surface area contributed by atoms with Crippen molar-refractivity contribution in [1.29, 1.82) is 10.5 Å². The number of nitriles is 2. The summed E-state index contributed by atoms with van der Waals surface area (Å²) >= 11 is 1.80. The summed E-state index contributed by atoms with van der Waals surface area (Å²) in [5.41, 5.74) is 1.68. The molecule has 1 N–H and O–H groups in total. The zero-order valence-corrected chi connectivity index (χ0v) is 12.3. The summed E-state index contributed by atoms with van der Waals surface area (Å²) in [6.45, 7) is 4.24. The Morgan fingerprint density at radius 2 is 1.90 bits per heavy atom. The number of rotatable bonds is 4. The van der Waals surface area contributed by atoms with Crippen LogP contribution < -0.4 is 5.32 Å². The summed E-state index contributed by atoms with van der Waals surface area (Å²) in [6.07, 6.45) is 1.05. The summed E-state index contributed by atoms with van der Waals surface area (Å²) in [5, 5.41) is 21.3. The second-order valence-corrected chi connectivity index (χ2v) is 5.71. The van der Waals surface area contributed by atoms with Crippen LogP contribution in [0.3, 0.4) is 0 Å². The maximum absolute atomic E-state index is 9.03. The molecule has 4 heteroatoms. The SMILES string of the molecule is CCc1ccc(C(C)Nc2ccc(C#N)c(C#N)c2)s1. The molecule has 3 nitrogen and oxygen atoms in total. The molecule has 0 aliphatic rings. The Morgan fingerprint density at radius 3 is 2.50 bits per heavy atom. The lowest BCUT2D eigenvalue weighted by atomic mass is 10.1. The monoisotopic (exact) mass is 281 g/mol. The van der Waals surface area contributed by atoms with Crippen molar-refractivity contribution in [2.45, 2.75) is 26.3 Å². The number of hydrogen-bond donors (Lipinski definition) is 1. The molecule has 0 amide bonds. The van der Waals surface area contributed by atoms with Gasteiger partial charge in [-0.1, -0.05) is 6.92 Å². The molecule has 100 valence electrons. The Bertz CT molecular complexity index is 688. The zero-order valence-electron chi connectivity index (χ0n) is 11.5. The van der Waals surface area contributed by atoms with Crippen molar-refractivity contribution in [2.75, 3.05) is 5.32 Å². The van der Waals surface area contributed by atoms with Crippen LogP contribution in [0.15, 0.2) is 30.3 Å². The molecule has 1 atom stereocenters. The van der Waals surface area contributed by atoms with Crippen molar-refractivity contribution in [3.63, 3.8) is 0 Å². The molecule has 0 saturated heterocycles. The highest BCUT2D eigenvalue weighted by Crippen LogP contribution is 2.27. The van der Waals surface area contributed by atoms with E-state index in [4.69, 9.17) is 10.5 Å². The van der Waals surface area contributed by atoms with Gasteiger partial charge in [0.05, 0.1) is 17.2 Å². The highest BCUT2D eigenvalue weighted by atomic mass is 32.1. The van der Waals surface area contributed by atoms with Gasteiger partial charge in [0.15, 0.2) is 0 Å². The molecule has 2 rings (SSSR count). The van der Waals surface area contributed by atoms with Gasteiger partial charge in [-0.3, -0.25) is 0 Å². The van der Waals surface area contributed by atoms with Crippen molar-refractivity contribution in [3.05, 3.63) is 51.2 Å². The molecule has 1 aromatic heterocycles. The number of nitrogens with one attached hydrogen (secondary N) is 1. The first-order valence-electron chi connectivity index (χ1n) is 6.47. The van der Waals surface area contributed by atoms with E-state index in [0.29, 0.717) is 11.1 Å². The largest absolute Gasteiger partial charge is 0.378 e. The molecule has 1 aromatic carbocycles. The van der Waals surface area contributed by atoms with Crippen molar-refractivity contribution in [2.24, 2.45) is 0 Å². The van der Waals surface area contributed by atoms with Crippen LogP contribution in [-0.2, 0) is 6.42 Å². The minimum absolute atomic E-state index is 0.180. The Hall–Kier alpha value is -2.30. The van der Waals surface area contributed by atoms with Crippen molar-refractivity contribution < 1.29 is 0 Å². The highest BCUT2D eigenvalue weighted by Gasteiger charge is 2.09. The number of thiophene rings is 1. The molecule has 1 unspecified atom stereocenters. The number of aryl methyl sites for hydroxylation is 1. The van der Waals surface area contributed by atoms with E-state index >= 15 is 0 Å². The third-order valence-corrected chi connectivity index (χ3v) is 4.51. The van der Waals surface area contributed by atoms with Gasteiger partial charge in [0, 0.05) is 15.4 Å². The van der Waals surface area contributed by atoms with E-state index in [1.165, 1.54) is 9.75 Å². The van der Waals surface area contributed by atoms with E-state index in [-0.39, 0.29) is 6.04 Å². The highest BCUT2D eigenvalue weighted by molar-refractivity contribution is 7.12. The minimum Gasteiger partial charge on any atom is -0.378 e. The molecule has 0 aliphatic carbocycles. The van der Waals surface area contributed by atoms with E-state index in [9.17, 15) is 0 Å². The fourth-order valence-corrected chi connectivity index (χ4v) is 2.92. The first-order valence-corrected chi connectivity index (χ1v) is 7.29. The van der Waals surface area contributed by atoms with E-state index < -0.39 is 0 Å². The Morgan fingerprint density at radius 1 is 1.15 bits per heavy atom. The van der Waals surface area contributed by atoms with Crippen LogP contribution >= 0.6 is 11.3 Å². The van der Waals surface area contributed by atoms with E-state index in [1.807, 2.05) is 12.1 Å². The van der Waals surface area contributed by atoms with Gasteiger partial charge < -0.3 is 5.32 Å². The van der Waals surface area contributed by atoms with E-state index in [1.54, 1.807) is 23.5 Å². The Balaban J connectivity index is 2.18. The van der Waals surface area contributed by atoms with Crippen molar-refractivity contribution in [1.82, 2.24) is 0 Å². The third kappa shape index (κ3) is 2.99. The fourth-order valence-electron chi connectivity index (χ4n) is 1.96. The number of hydrogen-bond acceptors (Lipinski definition) is 4. The lowest BCUT2D eigenvalue weighted by Crippen LogP contribution is -2.05. The van der Waals surface area contributed by atoms with Gasteiger partial charge in [-0.15, -0.1) is 11.3 Å². The molecule has 0 aliphatic heterocycles. The first-order chi connectivity index (χ1) is 9.67. The maximum atomic E-state index is 9.03. The Kier molecular flexibility index (Phi) is 4.40. The summed E-state index contributed by atoms with van der Waals surface area (Å²) < 4.78 is 0. The molecule has 0 radical (unpaired) electrons. The topological polar surface area (TPSA) is 59.6 Å². The maximum Gasteiger partial charge on any atom is 0.101 e. The minimum atomic E-state index is 0.180. The quantitative estimate of drug-likeness (QED) is 0.912. The summed E-state index contributed by atoms with van der Waals surface area (Å²) in [7, 11) is 0. The molecular formula is C16H15N3S. The summed E-state index contributed by atoms with van der Waals surface area (Å²) in [6, 6.07) is 13.8. The van der Waals surface area contributed by atoms with Crippen LogP contribution in [0.25, 0.3) is 0 Å². The molecule has 0 bridgehead atoms. The number of benzene rings is 1. The summed E-state index contributed by atoms with van der Waals surface area (Å²) in [5.74, 6) is 0. The van der Waals surface area contributed by atoms with Gasteiger partial charge in [-0.2, -0.15) is 10.5 Å². The molecule has 20 heavy (non-hydrogen) atoms. The lowest BCUT2D eigenvalue weighted by molar-refractivity contribution is 0.908. The number of nitrogens with zero attached hydrogens (tertiary/aromatic N) is 2. The van der Waals surface area contributed by atoms with Gasteiger partial charge in [0.25, 0.3) is 0 Å². The van der Waals surface area contributed by atoms with E-state index in [0.717, 1.165) is 12.1 Å². The van der Waals surface area contributed by atoms with Crippen LogP contribution in [-0.4, -0.2) is 0 Å². The van der Waals surface area contributed by atoms with Crippen LogP contribution in [0.1, 0.15) is 40.8 Å². The van der Waals surface area contributed by atoms with Crippen LogP contribution in [0.5, 0.6) is 0 Å². The Labute approximate surface area is 123 Å².